The third-order valence-electron chi connectivity index (χ3n) is 3.53. The molecule has 1 rings (SSSR count). The van der Waals surface area contributed by atoms with Gasteiger partial charge in [0, 0.05) is 18.6 Å². The van der Waals surface area contributed by atoms with Crippen LogP contribution in [0.5, 0.6) is 0 Å². The molecular weight excluding hydrogens is 260 g/mol. The molecule has 0 spiro atoms. The molecule has 0 aromatic carbocycles. The Morgan fingerprint density at radius 3 is 2.65 bits per heavy atom. The summed E-state index contributed by atoms with van der Waals surface area (Å²) in [5.74, 6) is -1.10. The molecule has 116 valence electrons. The Balaban J connectivity index is 2.65. The third-order valence-corrected chi connectivity index (χ3v) is 3.53. The molecule has 2 N–H and O–H groups in total. The second-order valence-electron chi connectivity index (χ2n) is 5.47. The molecule has 0 aromatic heterocycles. The van der Waals surface area contributed by atoms with Gasteiger partial charge in [0.2, 0.25) is 5.91 Å². The van der Waals surface area contributed by atoms with E-state index < -0.39 is 5.97 Å². The number of carboxylic acids is 1. The Labute approximate surface area is 120 Å². The number of rotatable bonds is 8. The van der Waals surface area contributed by atoms with Gasteiger partial charge in [0.1, 0.15) is 0 Å². The van der Waals surface area contributed by atoms with E-state index in [1.54, 1.807) is 4.90 Å². The number of ether oxygens (including phenoxy) is 1. The van der Waals surface area contributed by atoms with Gasteiger partial charge < -0.3 is 20.1 Å². The summed E-state index contributed by atoms with van der Waals surface area (Å²) in [6.07, 6.45) is 0.981. The average Bonchev–Trinajstić information content (AvgIpc) is 2.83. The number of hydrogen-bond donors (Lipinski definition) is 2. The number of carbonyl (C=O) groups excluding carboxylic acids is 1. The second-order valence-corrected chi connectivity index (χ2v) is 5.47. The topological polar surface area (TPSA) is 78.9 Å². The molecule has 20 heavy (non-hydrogen) atoms. The van der Waals surface area contributed by atoms with Crippen LogP contribution < -0.4 is 5.32 Å². The minimum atomic E-state index is -0.883. The minimum Gasteiger partial charge on any atom is -0.481 e. The molecule has 6 nitrogen and oxygen atoms in total. The lowest BCUT2D eigenvalue weighted by Gasteiger charge is -2.30. The average molecular weight is 286 g/mol. The fourth-order valence-electron chi connectivity index (χ4n) is 2.38. The summed E-state index contributed by atoms with van der Waals surface area (Å²) < 4.78 is 5.42. The maximum absolute atomic E-state index is 12.6. The van der Waals surface area contributed by atoms with Gasteiger partial charge in [-0.2, -0.15) is 0 Å². The van der Waals surface area contributed by atoms with E-state index in [0.29, 0.717) is 13.2 Å². The van der Waals surface area contributed by atoms with Crippen LogP contribution in [-0.4, -0.2) is 60.3 Å². The van der Waals surface area contributed by atoms with E-state index in [0.717, 1.165) is 13.0 Å². The van der Waals surface area contributed by atoms with Gasteiger partial charge >= 0.3 is 5.97 Å². The maximum Gasteiger partial charge on any atom is 0.305 e. The smallest absolute Gasteiger partial charge is 0.305 e. The lowest BCUT2D eigenvalue weighted by Crippen LogP contribution is -2.48. The summed E-state index contributed by atoms with van der Waals surface area (Å²) in [5.41, 5.74) is 0. The Morgan fingerprint density at radius 2 is 2.10 bits per heavy atom. The zero-order valence-electron chi connectivity index (χ0n) is 12.6. The number of nitrogens with zero attached hydrogens (tertiary/aromatic N) is 1. The molecule has 1 fully saturated rings. The largest absolute Gasteiger partial charge is 0.481 e. The van der Waals surface area contributed by atoms with Gasteiger partial charge in [-0.05, 0) is 26.8 Å². The molecular formula is C14H26N2O4. The van der Waals surface area contributed by atoms with E-state index in [4.69, 9.17) is 9.84 Å². The van der Waals surface area contributed by atoms with E-state index >= 15 is 0 Å². The van der Waals surface area contributed by atoms with Crippen molar-refractivity contribution in [1.82, 2.24) is 10.2 Å². The van der Waals surface area contributed by atoms with Crippen LogP contribution in [0.1, 0.15) is 33.6 Å². The molecule has 0 bridgehead atoms. The predicted octanol–water partition coefficient (Wildman–Crippen LogP) is 0.713. The van der Waals surface area contributed by atoms with Crippen molar-refractivity contribution >= 4 is 11.9 Å². The number of amides is 1. The molecule has 1 amide bonds. The first-order valence-electron chi connectivity index (χ1n) is 7.30. The van der Waals surface area contributed by atoms with E-state index in [2.05, 4.69) is 12.2 Å². The quantitative estimate of drug-likeness (QED) is 0.687. The molecule has 0 aliphatic carbocycles. The van der Waals surface area contributed by atoms with Crippen molar-refractivity contribution in [2.24, 2.45) is 5.92 Å². The highest BCUT2D eigenvalue weighted by Gasteiger charge is 2.36. The lowest BCUT2D eigenvalue weighted by atomic mass is 10.0. The molecule has 1 aliphatic rings. The zero-order chi connectivity index (χ0) is 15.1. The highest BCUT2D eigenvalue weighted by molar-refractivity contribution is 5.81. The number of aliphatic carboxylic acids is 1. The lowest BCUT2D eigenvalue weighted by molar-refractivity contribution is -0.141. The first-order chi connectivity index (χ1) is 9.47. The molecule has 1 heterocycles. The van der Waals surface area contributed by atoms with Crippen LogP contribution in [-0.2, 0) is 14.3 Å². The van der Waals surface area contributed by atoms with Gasteiger partial charge in [0.25, 0.3) is 0 Å². The first kappa shape index (κ1) is 16.9. The monoisotopic (exact) mass is 286 g/mol. The van der Waals surface area contributed by atoms with Crippen LogP contribution in [0.3, 0.4) is 0 Å². The number of carbonyl (C=O) groups is 2. The molecule has 0 saturated carbocycles. The van der Waals surface area contributed by atoms with E-state index in [1.165, 1.54) is 0 Å². The Morgan fingerprint density at radius 1 is 1.40 bits per heavy atom. The summed E-state index contributed by atoms with van der Waals surface area (Å²) in [6, 6.07) is 0.0304. The van der Waals surface area contributed by atoms with E-state index in [1.807, 2.05) is 13.8 Å². The highest BCUT2D eigenvalue weighted by atomic mass is 16.5. The third kappa shape index (κ3) is 4.76. The molecule has 2 atom stereocenters. The predicted molar refractivity (Wildman–Crippen MR) is 75.5 cm³/mol. The number of carboxylic acid groups (broad SMARTS) is 1. The summed E-state index contributed by atoms with van der Waals surface area (Å²) in [5, 5.41) is 12.1. The second kappa shape index (κ2) is 8.21. The normalized spacial score (nSPS) is 22.2. The molecule has 2 unspecified atom stereocenters. The van der Waals surface area contributed by atoms with Gasteiger partial charge in [0.15, 0.2) is 0 Å². The molecule has 0 radical (unpaired) electrons. The fraction of sp³-hybridized carbons (Fsp3) is 0.857. The minimum absolute atomic E-state index is 0.00530. The Kier molecular flexibility index (Phi) is 6.95. The van der Waals surface area contributed by atoms with E-state index in [9.17, 15) is 9.59 Å². The van der Waals surface area contributed by atoms with Crippen LogP contribution in [0.2, 0.25) is 0 Å². The molecule has 1 saturated heterocycles. The van der Waals surface area contributed by atoms with Crippen LogP contribution in [0.4, 0.5) is 0 Å². The van der Waals surface area contributed by atoms with Crippen LogP contribution >= 0.6 is 0 Å². The standard InChI is InChI=1S/C14H26N2O4/c1-4-6-15-12-9-20-8-11(12)14(19)16(10(2)3)7-5-13(17)18/h10-12,15H,4-9H2,1-3H3,(H,17,18). The first-order valence-corrected chi connectivity index (χ1v) is 7.30. The van der Waals surface area contributed by atoms with Crippen molar-refractivity contribution in [2.75, 3.05) is 26.3 Å². The molecule has 1 aliphatic heterocycles. The van der Waals surface area contributed by atoms with Gasteiger partial charge in [-0.25, -0.2) is 0 Å². The Hall–Kier alpha value is -1.14. The van der Waals surface area contributed by atoms with Crippen LogP contribution in [0, 0.1) is 5.92 Å². The summed E-state index contributed by atoms with van der Waals surface area (Å²) in [7, 11) is 0. The van der Waals surface area contributed by atoms with Crippen molar-refractivity contribution in [1.29, 1.82) is 0 Å². The van der Waals surface area contributed by atoms with Gasteiger partial charge in [-0.3, -0.25) is 9.59 Å². The maximum atomic E-state index is 12.6. The van der Waals surface area contributed by atoms with Crippen molar-refractivity contribution < 1.29 is 19.4 Å². The highest BCUT2D eigenvalue weighted by Crippen LogP contribution is 2.18. The molecule has 0 aromatic rings. The van der Waals surface area contributed by atoms with Gasteiger partial charge in [0.05, 0.1) is 25.6 Å². The van der Waals surface area contributed by atoms with Crippen molar-refractivity contribution in [3.8, 4) is 0 Å². The van der Waals surface area contributed by atoms with E-state index in [-0.39, 0.29) is 36.9 Å². The SMILES string of the molecule is CCCNC1COCC1C(=O)N(CCC(=O)O)C(C)C. The van der Waals surface area contributed by atoms with Crippen molar-refractivity contribution in [3.05, 3.63) is 0 Å². The summed E-state index contributed by atoms with van der Waals surface area (Å²) in [4.78, 5) is 24.9. The summed E-state index contributed by atoms with van der Waals surface area (Å²) in [6.45, 7) is 7.95. The number of nitrogens with one attached hydrogen (secondary N) is 1. The van der Waals surface area contributed by atoms with Crippen molar-refractivity contribution in [3.63, 3.8) is 0 Å². The zero-order valence-corrected chi connectivity index (χ0v) is 12.6. The number of hydrogen-bond acceptors (Lipinski definition) is 4. The van der Waals surface area contributed by atoms with Gasteiger partial charge in [-0.1, -0.05) is 6.92 Å². The van der Waals surface area contributed by atoms with Gasteiger partial charge in [-0.15, -0.1) is 0 Å². The summed E-state index contributed by atoms with van der Waals surface area (Å²) >= 11 is 0. The van der Waals surface area contributed by atoms with Crippen LogP contribution in [0.15, 0.2) is 0 Å². The molecule has 6 heteroatoms. The Bertz CT molecular complexity index is 333. The van der Waals surface area contributed by atoms with Crippen LogP contribution in [0.25, 0.3) is 0 Å². The van der Waals surface area contributed by atoms with Crippen molar-refractivity contribution in [2.45, 2.75) is 45.7 Å². The fourth-order valence-corrected chi connectivity index (χ4v) is 2.38.